The quantitative estimate of drug-likeness (QED) is 0.320. The van der Waals surface area contributed by atoms with Crippen molar-refractivity contribution in [3.05, 3.63) is 11.8 Å². The number of fused-ring (bicyclic) bond motifs is 3. The fourth-order valence-corrected chi connectivity index (χ4v) is 8.13. The first-order valence-electron chi connectivity index (χ1n) is 14.1. The predicted octanol–water partition coefficient (Wildman–Crippen LogP) is 2.75. The summed E-state index contributed by atoms with van der Waals surface area (Å²) in [4.78, 5) is 36.3. The maximum Gasteiger partial charge on any atom is 0.313 e. The van der Waals surface area contributed by atoms with Crippen LogP contribution in [0.4, 0.5) is 0 Å². The summed E-state index contributed by atoms with van der Waals surface area (Å²) < 4.78 is 35.6. The molecule has 5 aliphatic rings. The van der Waals surface area contributed by atoms with Crippen LogP contribution in [0.15, 0.2) is 11.8 Å². The molecule has 10 nitrogen and oxygen atoms in total. The zero-order chi connectivity index (χ0) is 28.4. The van der Waals surface area contributed by atoms with Crippen LogP contribution in [0.3, 0.4) is 0 Å². The molecular weight excluding hydrogens is 508 g/mol. The first-order chi connectivity index (χ1) is 18.3. The Bertz CT molecular complexity index is 1040. The Labute approximate surface area is 229 Å². The molecule has 1 spiro atoms. The Kier molecular flexibility index (Phi) is 7.29. The second kappa shape index (κ2) is 10.0. The molecule has 2 aliphatic heterocycles. The van der Waals surface area contributed by atoms with Gasteiger partial charge in [0.25, 0.3) is 0 Å². The Hall–Kier alpha value is -2.17. The number of aliphatic hydroxyl groups is 1. The van der Waals surface area contributed by atoms with Crippen LogP contribution in [0.25, 0.3) is 0 Å². The summed E-state index contributed by atoms with van der Waals surface area (Å²) >= 11 is 0. The highest BCUT2D eigenvalue weighted by Crippen LogP contribution is 2.77. The minimum absolute atomic E-state index is 0.0575. The summed E-state index contributed by atoms with van der Waals surface area (Å²) in [6, 6.07) is 0. The highest BCUT2D eigenvalue weighted by Gasteiger charge is 2.81. The van der Waals surface area contributed by atoms with Crippen molar-refractivity contribution in [2.45, 2.75) is 98.1 Å². The Balaban J connectivity index is 1.39. The topological polar surface area (TPSA) is 127 Å². The van der Waals surface area contributed by atoms with E-state index < -0.39 is 29.3 Å². The standard InChI is InChI=1S/C29H42O10/c1-13(15(3)37-17(5)30)10-34-23-20-9-29-19-8-22(32)25(29)28(20,7)27(33)39-24(23)21(29)12-36-26(19)35-11-14(2)16(4)38-18(6)31/h12-16,19-20,22-26,32H,8-11H2,1-7H3/t13-,14+,15-,16-,19+,20-,22+,23?,24+,25-,26+,28+,29-/m0/s1. The number of esters is 3. The van der Waals surface area contributed by atoms with E-state index in [1.165, 1.54) is 13.8 Å². The number of ether oxygens (including phenoxy) is 6. The van der Waals surface area contributed by atoms with Gasteiger partial charge in [0.15, 0.2) is 6.10 Å². The molecule has 5 rings (SSSR count). The zero-order valence-electron chi connectivity index (χ0n) is 23.9. The van der Waals surface area contributed by atoms with Crippen molar-refractivity contribution in [1.82, 2.24) is 0 Å². The van der Waals surface area contributed by atoms with Crippen molar-refractivity contribution in [2.75, 3.05) is 13.2 Å². The lowest BCUT2D eigenvalue weighted by atomic mass is 9.61. The third-order valence-corrected chi connectivity index (χ3v) is 10.3. The number of carbonyl (C=O) groups is 3. The molecule has 0 amide bonds. The van der Waals surface area contributed by atoms with Gasteiger partial charge in [-0.2, -0.15) is 0 Å². The van der Waals surface area contributed by atoms with E-state index in [4.69, 9.17) is 28.4 Å². The SMILES string of the molecule is CC(=O)O[C@@H](C)[C@H](C)CO[C@@H]1OC=C2[C@H]3OC(=O)[C@]4(C)[C@@H](C[C@]25[C@@H]1C[C@@H](O)[C@@H]45)C3OC[C@H](C)[C@H](C)OC(C)=O. The molecular formula is C29H42O10. The monoisotopic (exact) mass is 550 g/mol. The summed E-state index contributed by atoms with van der Waals surface area (Å²) in [5, 5.41) is 11.4. The molecule has 0 aromatic carbocycles. The molecule has 0 radical (unpaired) electrons. The molecule has 4 fully saturated rings. The normalized spacial score (nSPS) is 42.4. The maximum absolute atomic E-state index is 13.5. The Morgan fingerprint density at radius 2 is 1.62 bits per heavy atom. The van der Waals surface area contributed by atoms with E-state index in [2.05, 4.69) is 0 Å². The van der Waals surface area contributed by atoms with Gasteiger partial charge in [-0.15, -0.1) is 0 Å². The van der Waals surface area contributed by atoms with Gasteiger partial charge in [-0.25, -0.2) is 0 Å². The van der Waals surface area contributed by atoms with E-state index in [1.54, 1.807) is 6.26 Å². The summed E-state index contributed by atoms with van der Waals surface area (Å²) in [5.41, 5.74) is -0.527. The molecule has 39 heavy (non-hydrogen) atoms. The van der Waals surface area contributed by atoms with Crippen molar-refractivity contribution in [1.29, 1.82) is 0 Å². The zero-order valence-corrected chi connectivity index (χ0v) is 23.9. The van der Waals surface area contributed by atoms with Gasteiger partial charge in [0, 0.05) is 54.4 Å². The van der Waals surface area contributed by atoms with Crippen molar-refractivity contribution in [3.63, 3.8) is 0 Å². The number of hydrogen-bond donors (Lipinski definition) is 1. The van der Waals surface area contributed by atoms with E-state index >= 15 is 0 Å². The first-order valence-corrected chi connectivity index (χ1v) is 14.1. The van der Waals surface area contributed by atoms with Crippen molar-refractivity contribution >= 4 is 17.9 Å². The highest BCUT2D eigenvalue weighted by atomic mass is 16.7. The Morgan fingerprint density at radius 1 is 1.03 bits per heavy atom. The van der Waals surface area contributed by atoms with E-state index in [0.717, 1.165) is 5.57 Å². The lowest BCUT2D eigenvalue weighted by molar-refractivity contribution is -0.214. The van der Waals surface area contributed by atoms with Crippen LogP contribution in [-0.2, 0) is 42.8 Å². The van der Waals surface area contributed by atoms with E-state index in [9.17, 15) is 19.5 Å². The van der Waals surface area contributed by atoms with Crippen LogP contribution in [0.5, 0.6) is 0 Å². The summed E-state index contributed by atoms with van der Waals surface area (Å²) in [6.07, 6.45) is -0.122. The van der Waals surface area contributed by atoms with Gasteiger partial charge in [-0.05, 0) is 33.6 Å². The second-order valence-corrected chi connectivity index (χ2v) is 12.6. The fourth-order valence-electron chi connectivity index (χ4n) is 8.13. The molecule has 1 saturated heterocycles. The van der Waals surface area contributed by atoms with Crippen molar-refractivity contribution in [2.24, 2.45) is 40.4 Å². The summed E-state index contributed by atoms with van der Waals surface area (Å²) in [5.74, 6) is -1.71. The molecule has 3 saturated carbocycles. The van der Waals surface area contributed by atoms with Crippen molar-refractivity contribution in [3.8, 4) is 0 Å². The van der Waals surface area contributed by atoms with Gasteiger partial charge in [-0.1, -0.05) is 13.8 Å². The van der Waals surface area contributed by atoms with Gasteiger partial charge >= 0.3 is 17.9 Å². The average molecular weight is 551 g/mol. The molecule has 0 aromatic rings. The average Bonchev–Trinajstić information content (AvgIpc) is 3.26. The van der Waals surface area contributed by atoms with Crippen LogP contribution in [0.2, 0.25) is 0 Å². The fraction of sp³-hybridized carbons (Fsp3) is 0.828. The molecule has 218 valence electrons. The smallest absolute Gasteiger partial charge is 0.313 e. The second-order valence-electron chi connectivity index (χ2n) is 12.6. The first kappa shape index (κ1) is 28.4. The third-order valence-electron chi connectivity index (χ3n) is 10.3. The highest BCUT2D eigenvalue weighted by molar-refractivity contribution is 5.82. The van der Waals surface area contributed by atoms with E-state index in [0.29, 0.717) is 26.1 Å². The van der Waals surface area contributed by atoms with Gasteiger partial charge in [0.1, 0.15) is 18.3 Å². The lowest BCUT2D eigenvalue weighted by Crippen LogP contribution is -2.58. The molecule has 13 atom stereocenters. The molecule has 1 unspecified atom stereocenters. The summed E-state index contributed by atoms with van der Waals surface area (Å²) in [6.45, 7) is 12.9. The summed E-state index contributed by atoms with van der Waals surface area (Å²) in [7, 11) is 0. The number of hydrogen-bond acceptors (Lipinski definition) is 10. The predicted molar refractivity (Wildman–Crippen MR) is 136 cm³/mol. The number of aliphatic hydroxyl groups excluding tert-OH is 1. The molecule has 2 heterocycles. The minimum atomic E-state index is -0.908. The number of carbonyl (C=O) groups excluding carboxylic acids is 3. The van der Waals surface area contributed by atoms with Crippen LogP contribution < -0.4 is 0 Å². The molecule has 3 bridgehead atoms. The number of rotatable bonds is 10. The maximum atomic E-state index is 13.5. The van der Waals surface area contributed by atoms with Gasteiger partial charge in [0.05, 0.1) is 31.0 Å². The molecule has 10 heteroatoms. The lowest BCUT2D eigenvalue weighted by Gasteiger charge is -2.51. The largest absolute Gasteiger partial charge is 0.472 e. The van der Waals surface area contributed by atoms with E-state index in [-0.39, 0.29) is 65.8 Å². The minimum Gasteiger partial charge on any atom is -0.472 e. The molecule has 0 aromatic heterocycles. The van der Waals surface area contributed by atoms with Crippen LogP contribution >= 0.6 is 0 Å². The van der Waals surface area contributed by atoms with Gasteiger partial charge in [0.2, 0.25) is 6.29 Å². The van der Waals surface area contributed by atoms with Crippen LogP contribution in [-0.4, -0.2) is 73.0 Å². The Morgan fingerprint density at radius 3 is 2.21 bits per heavy atom. The van der Waals surface area contributed by atoms with Gasteiger partial charge < -0.3 is 33.5 Å². The van der Waals surface area contributed by atoms with Crippen LogP contribution in [0.1, 0.15) is 61.3 Å². The molecule has 3 aliphatic carbocycles. The van der Waals surface area contributed by atoms with Gasteiger partial charge in [-0.3, -0.25) is 14.4 Å². The van der Waals surface area contributed by atoms with Crippen molar-refractivity contribution < 1.29 is 47.9 Å². The molecule has 1 N–H and O–H groups in total. The van der Waals surface area contributed by atoms with Crippen LogP contribution in [0, 0.1) is 40.4 Å². The third kappa shape index (κ3) is 4.28. The van der Waals surface area contributed by atoms with E-state index in [1.807, 2.05) is 34.6 Å².